The molecule has 158 valence electrons. The first-order valence-corrected chi connectivity index (χ1v) is 11.2. The van der Waals surface area contributed by atoms with Gasteiger partial charge < -0.3 is 9.88 Å². The second-order valence-corrected chi connectivity index (χ2v) is 9.00. The van der Waals surface area contributed by atoms with Crippen molar-refractivity contribution in [3.05, 3.63) is 80.5 Å². The van der Waals surface area contributed by atoms with Gasteiger partial charge in [0, 0.05) is 18.3 Å². The van der Waals surface area contributed by atoms with Gasteiger partial charge in [0.15, 0.2) is 0 Å². The van der Waals surface area contributed by atoms with Gasteiger partial charge >= 0.3 is 0 Å². The lowest BCUT2D eigenvalue weighted by molar-refractivity contribution is 0.0936. The highest BCUT2D eigenvalue weighted by Gasteiger charge is 2.27. The van der Waals surface area contributed by atoms with E-state index in [0.29, 0.717) is 20.7 Å². The highest BCUT2D eigenvalue weighted by Crippen LogP contribution is 2.32. The van der Waals surface area contributed by atoms with Crippen LogP contribution in [-0.4, -0.2) is 25.2 Å². The SMILES string of the molecule is Cc1c(C(=O)NC2CCCc3c2cnn3Cc2ccccc2)sc2ncn(C)c(=O)c12. The van der Waals surface area contributed by atoms with Gasteiger partial charge in [-0.25, -0.2) is 4.98 Å². The average Bonchev–Trinajstić information content (AvgIpc) is 3.34. The van der Waals surface area contributed by atoms with Gasteiger partial charge in [-0.1, -0.05) is 30.3 Å². The fourth-order valence-corrected chi connectivity index (χ4v) is 5.35. The van der Waals surface area contributed by atoms with E-state index in [4.69, 9.17) is 0 Å². The van der Waals surface area contributed by atoms with E-state index in [-0.39, 0.29) is 17.5 Å². The fraction of sp³-hybridized carbons (Fsp3) is 0.304. The largest absolute Gasteiger partial charge is 0.344 e. The molecule has 5 rings (SSSR count). The minimum Gasteiger partial charge on any atom is -0.344 e. The molecule has 31 heavy (non-hydrogen) atoms. The number of hydrogen-bond donors (Lipinski definition) is 1. The Morgan fingerprint density at radius 2 is 2.10 bits per heavy atom. The van der Waals surface area contributed by atoms with Gasteiger partial charge in [0.2, 0.25) is 0 Å². The van der Waals surface area contributed by atoms with Crippen LogP contribution in [0.5, 0.6) is 0 Å². The van der Waals surface area contributed by atoms with E-state index in [0.717, 1.165) is 31.4 Å². The van der Waals surface area contributed by atoms with Crippen molar-refractivity contribution in [3.63, 3.8) is 0 Å². The summed E-state index contributed by atoms with van der Waals surface area (Å²) in [6, 6.07) is 10.2. The number of aromatic nitrogens is 4. The molecule has 0 bridgehead atoms. The molecule has 0 spiro atoms. The van der Waals surface area contributed by atoms with Crippen molar-refractivity contribution in [2.75, 3.05) is 0 Å². The quantitative estimate of drug-likeness (QED) is 0.535. The fourth-order valence-electron chi connectivity index (χ4n) is 4.31. The van der Waals surface area contributed by atoms with Crippen LogP contribution in [0.3, 0.4) is 0 Å². The Hall–Kier alpha value is -3.26. The summed E-state index contributed by atoms with van der Waals surface area (Å²) in [5, 5.41) is 8.32. The van der Waals surface area contributed by atoms with E-state index < -0.39 is 0 Å². The second kappa shape index (κ2) is 7.77. The predicted molar refractivity (Wildman–Crippen MR) is 121 cm³/mol. The van der Waals surface area contributed by atoms with Crippen LogP contribution in [0.15, 0.2) is 47.7 Å². The van der Waals surface area contributed by atoms with Crippen LogP contribution < -0.4 is 10.9 Å². The molecular weight excluding hydrogens is 410 g/mol. The van der Waals surface area contributed by atoms with Gasteiger partial charge in [-0.2, -0.15) is 5.10 Å². The Morgan fingerprint density at radius 3 is 2.90 bits per heavy atom. The molecule has 1 aliphatic rings. The molecule has 1 atom stereocenters. The van der Waals surface area contributed by atoms with E-state index in [2.05, 4.69) is 27.5 Å². The summed E-state index contributed by atoms with van der Waals surface area (Å²) in [7, 11) is 1.67. The van der Waals surface area contributed by atoms with Crippen molar-refractivity contribution in [1.82, 2.24) is 24.6 Å². The maximum absolute atomic E-state index is 13.1. The van der Waals surface area contributed by atoms with Crippen molar-refractivity contribution in [1.29, 1.82) is 0 Å². The topological polar surface area (TPSA) is 81.8 Å². The summed E-state index contributed by atoms with van der Waals surface area (Å²) >= 11 is 1.27. The molecule has 4 aromatic rings. The van der Waals surface area contributed by atoms with Crippen molar-refractivity contribution < 1.29 is 4.79 Å². The summed E-state index contributed by atoms with van der Waals surface area (Å²) < 4.78 is 3.49. The molecule has 3 aromatic heterocycles. The van der Waals surface area contributed by atoms with Crippen molar-refractivity contribution in [3.8, 4) is 0 Å². The zero-order valence-corrected chi connectivity index (χ0v) is 18.3. The number of amides is 1. The standard InChI is InChI=1S/C23H23N5O2S/c1-14-19-22(24-13-27(2)23(19)30)31-20(14)21(29)26-17-9-6-10-18-16(17)11-25-28(18)12-15-7-4-3-5-8-15/h3-5,7-8,11,13,17H,6,9-10,12H2,1-2H3,(H,26,29). The summed E-state index contributed by atoms with van der Waals surface area (Å²) in [4.78, 5) is 31.1. The van der Waals surface area contributed by atoms with Crippen LogP contribution in [-0.2, 0) is 20.0 Å². The molecule has 1 unspecified atom stereocenters. The summed E-state index contributed by atoms with van der Waals surface area (Å²) in [6.45, 7) is 2.54. The van der Waals surface area contributed by atoms with Gasteiger partial charge in [-0.3, -0.25) is 14.3 Å². The van der Waals surface area contributed by atoms with E-state index >= 15 is 0 Å². The van der Waals surface area contributed by atoms with Gasteiger partial charge in [0.25, 0.3) is 11.5 Å². The number of nitrogens with zero attached hydrogens (tertiary/aromatic N) is 4. The van der Waals surface area contributed by atoms with Gasteiger partial charge in [0.05, 0.1) is 35.4 Å². The number of rotatable bonds is 4. The number of thiophene rings is 1. The number of carbonyl (C=O) groups is 1. The maximum Gasteiger partial charge on any atom is 0.262 e. The highest BCUT2D eigenvalue weighted by atomic mass is 32.1. The van der Waals surface area contributed by atoms with Crippen molar-refractivity contribution in [2.45, 2.75) is 38.8 Å². The molecule has 0 aliphatic heterocycles. The second-order valence-electron chi connectivity index (χ2n) is 8.01. The average molecular weight is 434 g/mol. The minimum absolute atomic E-state index is 0.0822. The Bertz CT molecular complexity index is 1340. The first-order valence-electron chi connectivity index (χ1n) is 10.4. The van der Waals surface area contributed by atoms with E-state index in [1.54, 1.807) is 7.05 Å². The van der Waals surface area contributed by atoms with Crippen molar-refractivity contribution in [2.24, 2.45) is 7.05 Å². The van der Waals surface area contributed by atoms with Crippen LogP contribution in [0.1, 0.15) is 50.9 Å². The van der Waals surface area contributed by atoms with Crippen molar-refractivity contribution >= 4 is 27.5 Å². The summed E-state index contributed by atoms with van der Waals surface area (Å²) in [5.41, 5.74) is 4.05. The molecule has 0 fully saturated rings. The van der Waals surface area contributed by atoms with E-state index in [9.17, 15) is 9.59 Å². The van der Waals surface area contributed by atoms with Crippen LogP contribution >= 0.6 is 11.3 Å². The van der Waals surface area contributed by atoms with E-state index in [1.807, 2.05) is 36.0 Å². The number of fused-ring (bicyclic) bond motifs is 2. The zero-order valence-electron chi connectivity index (χ0n) is 17.5. The molecule has 0 saturated heterocycles. The van der Waals surface area contributed by atoms with Gasteiger partial charge in [-0.05, 0) is 37.3 Å². The number of carbonyl (C=O) groups excluding carboxylic acids is 1. The molecule has 0 radical (unpaired) electrons. The van der Waals surface area contributed by atoms with E-state index in [1.165, 1.54) is 33.5 Å². The highest BCUT2D eigenvalue weighted by molar-refractivity contribution is 7.20. The summed E-state index contributed by atoms with van der Waals surface area (Å²) in [5.74, 6) is -0.156. The molecular formula is C23H23N5O2S. The number of aryl methyl sites for hydroxylation is 2. The lowest BCUT2D eigenvalue weighted by Crippen LogP contribution is -2.31. The minimum atomic E-state index is -0.156. The van der Waals surface area contributed by atoms with Crippen LogP contribution in [0.2, 0.25) is 0 Å². The van der Waals surface area contributed by atoms with Crippen LogP contribution in [0.4, 0.5) is 0 Å². The molecule has 0 saturated carbocycles. The predicted octanol–water partition coefficient (Wildman–Crippen LogP) is 3.36. The van der Waals surface area contributed by atoms with Gasteiger partial charge in [0.1, 0.15) is 4.83 Å². The Labute approximate surface area is 183 Å². The summed E-state index contributed by atoms with van der Waals surface area (Å²) in [6.07, 6.45) is 6.20. The lowest BCUT2D eigenvalue weighted by atomic mass is 9.92. The molecule has 1 amide bonds. The number of benzene rings is 1. The molecule has 1 N–H and O–H groups in total. The maximum atomic E-state index is 13.1. The monoisotopic (exact) mass is 433 g/mol. The lowest BCUT2D eigenvalue weighted by Gasteiger charge is -2.24. The first kappa shape index (κ1) is 19.7. The number of hydrogen-bond acceptors (Lipinski definition) is 5. The smallest absolute Gasteiger partial charge is 0.262 e. The third kappa shape index (κ3) is 3.46. The Kier molecular flexibility index (Phi) is 4.94. The normalized spacial score (nSPS) is 15.7. The number of nitrogens with one attached hydrogen (secondary N) is 1. The zero-order chi connectivity index (χ0) is 21.5. The first-order chi connectivity index (χ1) is 15.0. The molecule has 3 heterocycles. The van der Waals surface area contributed by atoms with Crippen LogP contribution in [0, 0.1) is 6.92 Å². The Morgan fingerprint density at radius 1 is 1.29 bits per heavy atom. The molecule has 1 aliphatic carbocycles. The molecule has 1 aromatic carbocycles. The van der Waals surface area contributed by atoms with Gasteiger partial charge in [-0.15, -0.1) is 11.3 Å². The third-order valence-corrected chi connectivity index (χ3v) is 7.16. The Balaban J connectivity index is 1.42. The molecule has 7 nitrogen and oxygen atoms in total. The third-order valence-electron chi connectivity index (χ3n) is 5.96. The molecule has 8 heteroatoms. The van der Waals surface area contributed by atoms with Crippen LogP contribution in [0.25, 0.3) is 10.2 Å².